The Morgan fingerprint density at radius 1 is 1.64 bits per heavy atom. The first-order chi connectivity index (χ1) is 6.47. The molecule has 14 heavy (non-hydrogen) atoms. The van der Waals surface area contributed by atoms with Crippen molar-refractivity contribution in [2.75, 3.05) is 6.61 Å². The number of hydrogen-bond donors (Lipinski definition) is 1. The molecule has 4 heteroatoms. The molecule has 1 unspecified atom stereocenters. The zero-order valence-electron chi connectivity index (χ0n) is 9.32. The first-order valence-electron chi connectivity index (χ1n) is 4.86. The van der Waals surface area contributed by atoms with E-state index in [1.807, 2.05) is 40.1 Å². The Kier molecular flexibility index (Phi) is 3.29. The summed E-state index contributed by atoms with van der Waals surface area (Å²) in [6, 6.07) is 1.73. The van der Waals surface area contributed by atoms with Crippen LogP contribution in [0.5, 0.6) is 0 Å². The molecule has 1 heterocycles. The molecule has 80 valence electrons. The molecule has 0 aliphatic rings. The van der Waals surface area contributed by atoms with E-state index in [1.54, 1.807) is 4.68 Å². The first-order valence-corrected chi connectivity index (χ1v) is 4.86. The number of hydrogen-bond acceptors (Lipinski definition) is 3. The minimum absolute atomic E-state index is 0.191. The van der Waals surface area contributed by atoms with Crippen LogP contribution < -0.4 is 5.73 Å². The lowest BCUT2D eigenvalue weighted by Crippen LogP contribution is -2.38. The Labute approximate surface area is 85.0 Å². The van der Waals surface area contributed by atoms with Gasteiger partial charge in [-0.05, 0) is 26.8 Å². The van der Waals surface area contributed by atoms with E-state index < -0.39 is 0 Å². The number of nitrogens with zero attached hydrogens (tertiary/aromatic N) is 2. The van der Waals surface area contributed by atoms with Gasteiger partial charge in [-0.2, -0.15) is 5.10 Å². The third-order valence-electron chi connectivity index (χ3n) is 2.32. The fraction of sp³-hybridized carbons (Fsp3) is 0.700. The van der Waals surface area contributed by atoms with Crippen LogP contribution in [0.1, 0.15) is 32.5 Å². The van der Waals surface area contributed by atoms with E-state index in [2.05, 4.69) is 5.10 Å². The third kappa shape index (κ3) is 2.33. The first kappa shape index (κ1) is 11.2. The van der Waals surface area contributed by atoms with Crippen molar-refractivity contribution in [3.05, 3.63) is 18.0 Å². The van der Waals surface area contributed by atoms with Crippen LogP contribution in [0.2, 0.25) is 0 Å². The second-order valence-electron chi connectivity index (χ2n) is 3.93. The molecular formula is C10H19N3O. The Hall–Kier alpha value is -0.870. The van der Waals surface area contributed by atoms with Gasteiger partial charge >= 0.3 is 0 Å². The maximum absolute atomic E-state index is 6.07. The molecule has 1 rings (SSSR count). The van der Waals surface area contributed by atoms with E-state index in [0.29, 0.717) is 6.61 Å². The van der Waals surface area contributed by atoms with Crippen LogP contribution in [-0.2, 0) is 11.8 Å². The summed E-state index contributed by atoms with van der Waals surface area (Å²) in [4.78, 5) is 0. The molecule has 0 amide bonds. The highest BCUT2D eigenvalue weighted by atomic mass is 16.5. The summed E-state index contributed by atoms with van der Waals surface area (Å²) in [5.74, 6) is 0. The molecule has 0 saturated heterocycles. The number of rotatable bonds is 4. The van der Waals surface area contributed by atoms with E-state index in [0.717, 1.165) is 5.69 Å². The molecule has 4 nitrogen and oxygen atoms in total. The standard InChI is InChI=1S/C10H19N3O/c1-5-14-10(2,3)9(11)8-6-7-13(4)12-8/h6-7,9H,5,11H2,1-4H3. The molecule has 0 bridgehead atoms. The van der Waals surface area contributed by atoms with Gasteiger partial charge in [-0.25, -0.2) is 0 Å². The largest absolute Gasteiger partial charge is 0.374 e. The minimum Gasteiger partial charge on any atom is -0.374 e. The molecule has 0 aliphatic carbocycles. The molecule has 1 aromatic rings. The molecule has 0 fully saturated rings. The number of aromatic nitrogens is 2. The van der Waals surface area contributed by atoms with Crippen LogP contribution in [0.3, 0.4) is 0 Å². The van der Waals surface area contributed by atoms with Crippen molar-refractivity contribution in [1.29, 1.82) is 0 Å². The summed E-state index contributed by atoms with van der Waals surface area (Å²) in [7, 11) is 1.88. The highest BCUT2D eigenvalue weighted by Crippen LogP contribution is 2.25. The Balaban J connectivity index is 2.78. The Bertz CT molecular complexity index is 293. The highest BCUT2D eigenvalue weighted by molar-refractivity contribution is 5.09. The van der Waals surface area contributed by atoms with E-state index in [-0.39, 0.29) is 11.6 Å². The summed E-state index contributed by atoms with van der Waals surface area (Å²) < 4.78 is 7.33. The predicted octanol–water partition coefficient (Wildman–Crippen LogP) is 1.24. The monoisotopic (exact) mass is 197 g/mol. The number of ether oxygens (including phenoxy) is 1. The van der Waals surface area contributed by atoms with Crippen LogP contribution in [0, 0.1) is 0 Å². The lowest BCUT2D eigenvalue weighted by atomic mass is 9.97. The van der Waals surface area contributed by atoms with Crippen LogP contribution in [0.15, 0.2) is 12.3 Å². The third-order valence-corrected chi connectivity index (χ3v) is 2.32. The second-order valence-corrected chi connectivity index (χ2v) is 3.93. The maximum atomic E-state index is 6.07. The summed E-state index contributed by atoms with van der Waals surface area (Å²) in [6.45, 7) is 6.59. The lowest BCUT2D eigenvalue weighted by Gasteiger charge is -2.30. The molecular weight excluding hydrogens is 178 g/mol. The zero-order chi connectivity index (χ0) is 10.8. The van der Waals surface area contributed by atoms with Gasteiger partial charge in [0.25, 0.3) is 0 Å². The molecule has 0 aliphatic heterocycles. The van der Waals surface area contributed by atoms with Crippen molar-refractivity contribution in [2.24, 2.45) is 12.8 Å². The lowest BCUT2D eigenvalue weighted by molar-refractivity contribution is -0.0307. The molecule has 1 atom stereocenters. The average molecular weight is 197 g/mol. The van der Waals surface area contributed by atoms with Crippen LogP contribution in [0.25, 0.3) is 0 Å². The molecule has 0 radical (unpaired) electrons. The van der Waals surface area contributed by atoms with Crippen molar-refractivity contribution >= 4 is 0 Å². The van der Waals surface area contributed by atoms with Gasteiger partial charge in [-0.3, -0.25) is 4.68 Å². The van der Waals surface area contributed by atoms with Gasteiger partial charge < -0.3 is 10.5 Å². The normalized spacial score (nSPS) is 14.4. The van der Waals surface area contributed by atoms with E-state index >= 15 is 0 Å². The number of aryl methyl sites for hydroxylation is 1. The average Bonchev–Trinajstić information content (AvgIpc) is 2.50. The fourth-order valence-corrected chi connectivity index (χ4v) is 1.42. The summed E-state index contributed by atoms with van der Waals surface area (Å²) in [5.41, 5.74) is 6.57. The van der Waals surface area contributed by atoms with Gasteiger partial charge in [0.1, 0.15) is 0 Å². The fourth-order valence-electron chi connectivity index (χ4n) is 1.42. The molecule has 1 aromatic heterocycles. The van der Waals surface area contributed by atoms with Crippen molar-refractivity contribution in [3.8, 4) is 0 Å². The van der Waals surface area contributed by atoms with Crippen molar-refractivity contribution in [2.45, 2.75) is 32.4 Å². The van der Waals surface area contributed by atoms with Crippen LogP contribution >= 0.6 is 0 Å². The van der Waals surface area contributed by atoms with Crippen LogP contribution in [-0.4, -0.2) is 22.0 Å². The smallest absolute Gasteiger partial charge is 0.0834 e. The predicted molar refractivity (Wildman–Crippen MR) is 55.8 cm³/mol. The van der Waals surface area contributed by atoms with Crippen molar-refractivity contribution in [1.82, 2.24) is 9.78 Å². The zero-order valence-corrected chi connectivity index (χ0v) is 9.32. The molecule has 0 aromatic carbocycles. The maximum Gasteiger partial charge on any atom is 0.0834 e. The van der Waals surface area contributed by atoms with E-state index in [4.69, 9.17) is 10.5 Å². The van der Waals surface area contributed by atoms with Crippen molar-refractivity contribution in [3.63, 3.8) is 0 Å². The quantitative estimate of drug-likeness (QED) is 0.790. The topological polar surface area (TPSA) is 53.1 Å². The van der Waals surface area contributed by atoms with Gasteiger partial charge in [0, 0.05) is 19.9 Å². The minimum atomic E-state index is -0.372. The van der Waals surface area contributed by atoms with E-state index in [9.17, 15) is 0 Å². The van der Waals surface area contributed by atoms with Gasteiger partial charge in [-0.15, -0.1) is 0 Å². The number of nitrogens with two attached hydrogens (primary N) is 1. The van der Waals surface area contributed by atoms with Gasteiger partial charge in [0.05, 0.1) is 17.3 Å². The SMILES string of the molecule is CCOC(C)(C)C(N)c1ccn(C)n1. The van der Waals surface area contributed by atoms with Gasteiger partial charge in [-0.1, -0.05) is 0 Å². The van der Waals surface area contributed by atoms with E-state index in [1.165, 1.54) is 0 Å². The second kappa shape index (κ2) is 4.11. The molecule has 0 spiro atoms. The van der Waals surface area contributed by atoms with Crippen molar-refractivity contribution < 1.29 is 4.74 Å². The summed E-state index contributed by atoms with van der Waals surface area (Å²) >= 11 is 0. The Morgan fingerprint density at radius 2 is 2.29 bits per heavy atom. The van der Waals surface area contributed by atoms with Gasteiger partial charge in [0.15, 0.2) is 0 Å². The van der Waals surface area contributed by atoms with Crippen LogP contribution in [0.4, 0.5) is 0 Å². The summed E-state index contributed by atoms with van der Waals surface area (Å²) in [5, 5.41) is 4.27. The van der Waals surface area contributed by atoms with Gasteiger partial charge in [0.2, 0.25) is 0 Å². The summed E-state index contributed by atoms with van der Waals surface area (Å²) in [6.07, 6.45) is 1.89. The highest BCUT2D eigenvalue weighted by Gasteiger charge is 2.29. The Morgan fingerprint density at radius 3 is 2.71 bits per heavy atom. The molecule has 0 saturated carbocycles. The molecule has 2 N–H and O–H groups in total.